The van der Waals surface area contributed by atoms with Gasteiger partial charge in [0.15, 0.2) is 0 Å². The lowest BCUT2D eigenvalue weighted by Gasteiger charge is -2.26. The molecule has 0 bridgehead atoms. The average molecular weight is 268 g/mol. The van der Waals surface area contributed by atoms with Gasteiger partial charge in [-0.25, -0.2) is 0 Å². The molecule has 1 atom stereocenters. The van der Waals surface area contributed by atoms with E-state index in [4.69, 9.17) is 0 Å². The SMILES string of the molecule is CCC1C=CC(C(C)(C)C)=CC1=Cc1ccccc1O. The minimum Gasteiger partial charge on any atom is -0.507 e. The zero-order chi connectivity index (χ0) is 14.8. The van der Waals surface area contributed by atoms with Gasteiger partial charge in [0.2, 0.25) is 0 Å². The monoisotopic (exact) mass is 268 g/mol. The van der Waals surface area contributed by atoms with Gasteiger partial charge >= 0.3 is 0 Å². The molecule has 0 aliphatic heterocycles. The van der Waals surface area contributed by atoms with Gasteiger partial charge in [-0.3, -0.25) is 0 Å². The molecule has 0 saturated carbocycles. The molecule has 1 heteroatoms. The van der Waals surface area contributed by atoms with Crippen LogP contribution in [0.4, 0.5) is 0 Å². The van der Waals surface area contributed by atoms with Crippen LogP contribution in [-0.2, 0) is 0 Å². The lowest BCUT2D eigenvalue weighted by molar-refractivity contribution is 0.474. The number of hydrogen-bond acceptors (Lipinski definition) is 1. The summed E-state index contributed by atoms with van der Waals surface area (Å²) in [6, 6.07) is 7.50. The Morgan fingerprint density at radius 1 is 1.20 bits per heavy atom. The highest BCUT2D eigenvalue weighted by atomic mass is 16.3. The van der Waals surface area contributed by atoms with Crippen LogP contribution in [0.3, 0.4) is 0 Å². The molecule has 1 unspecified atom stereocenters. The molecule has 20 heavy (non-hydrogen) atoms. The Hall–Kier alpha value is -1.76. The van der Waals surface area contributed by atoms with Crippen LogP contribution in [0.2, 0.25) is 0 Å². The van der Waals surface area contributed by atoms with Gasteiger partial charge in [0.1, 0.15) is 5.75 Å². The Bertz CT molecular complexity index is 568. The topological polar surface area (TPSA) is 20.2 Å². The molecular formula is C19H24O. The van der Waals surface area contributed by atoms with Crippen LogP contribution in [0.15, 0.2) is 53.6 Å². The molecule has 0 aromatic heterocycles. The fourth-order valence-electron chi connectivity index (χ4n) is 2.44. The number of benzene rings is 1. The van der Waals surface area contributed by atoms with Crippen LogP contribution in [0.25, 0.3) is 6.08 Å². The van der Waals surface area contributed by atoms with Gasteiger partial charge in [-0.2, -0.15) is 0 Å². The first-order valence-corrected chi connectivity index (χ1v) is 7.32. The van der Waals surface area contributed by atoms with E-state index in [0.29, 0.717) is 11.7 Å². The van der Waals surface area contributed by atoms with Crippen LogP contribution in [-0.4, -0.2) is 5.11 Å². The van der Waals surface area contributed by atoms with E-state index in [1.807, 2.05) is 18.2 Å². The number of phenolic OH excluding ortho intramolecular Hbond substituents is 1. The molecule has 1 nitrogen and oxygen atoms in total. The van der Waals surface area contributed by atoms with Crippen molar-refractivity contribution in [1.82, 2.24) is 0 Å². The number of allylic oxidation sites excluding steroid dienone is 5. The first-order valence-electron chi connectivity index (χ1n) is 7.32. The van der Waals surface area contributed by atoms with E-state index in [0.717, 1.165) is 12.0 Å². The van der Waals surface area contributed by atoms with Crippen LogP contribution >= 0.6 is 0 Å². The van der Waals surface area contributed by atoms with Crippen molar-refractivity contribution in [2.24, 2.45) is 11.3 Å². The van der Waals surface area contributed by atoms with Crippen molar-refractivity contribution in [3.63, 3.8) is 0 Å². The maximum absolute atomic E-state index is 9.94. The van der Waals surface area contributed by atoms with Gasteiger partial charge in [0.25, 0.3) is 0 Å². The van der Waals surface area contributed by atoms with E-state index in [9.17, 15) is 5.11 Å². The Morgan fingerprint density at radius 3 is 2.50 bits per heavy atom. The zero-order valence-corrected chi connectivity index (χ0v) is 12.9. The quantitative estimate of drug-likeness (QED) is 0.767. The largest absolute Gasteiger partial charge is 0.507 e. The third-order valence-electron chi connectivity index (χ3n) is 3.82. The number of para-hydroxylation sites is 1. The minimum atomic E-state index is 0.146. The number of phenols is 1. The third-order valence-corrected chi connectivity index (χ3v) is 3.82. The van der Waals surface area contributed by atoms with E-state index in [2.05, 4.69) is 52.0 Å². The summed E-state index contributed by atoms with van der Waals surface area (Å²) >= 11 is 0. The molecule has 1 aliphatic rings. The molecule has 1 aliphatic carbocycles. The molecule has 0 radical (unpaired) electrons. The summed E-state index contributed by atoms with van der Waals surface area (Å²) in [5.74, 6) is 0.774. The van der Waals surface area contributed by atoms with Gasteiger partial charge < -0.3 is 5.11 Å². The maximum Gasteiger partial charge on any atom is 0.122 e. The summed E-state index contributed by atoms with van der Waals surface area (Å²) in [4.78, 5) is 0. The standard InChI is InChI=1S/C19H24O/c1-5-14-10-11-17(19(2,3)4)13-16(14)12-15-8-6-7-9-18(15)20/h6-14,20H,5H2,1-4H3. The minimum absolute atomic E-state index is 0.146. The highest BCUT2D eigenvalue weighted by molar-refractivity contribution is 5.64. The van der Waals surface area contributed by atoms with Gasteiger partial charge in [0.05, 0.1) is 0 Å². The lowest BCUT2D eigenvalue weighted by Crippen LogP contribution is -2.12. The van der Waals surface area contributed by atoms with Crippen molar-refractivity contribution in [3.05, 3.63) is 59.2 Å². The molecule has 1 aromatic carbocycles. The molecule has 0 saturated heterocycles. The van der Waals surface area contributed by atoms with Gasteiger partial charge in [-0.05, 0) is 35.1 Å². The van der Waals surface area contributed by atoms with Crippen molar-refractivity contribution in [1.29, 1.82) is 0 Å². The van der Waals surface area contributed by atoms with Gasteiger partial charge in [0, 0.05) is 11.5 Å². The Balaban J connectivity index is 2.44. The highest BCUT2D eigenvalue weighted by Gasteiger charge is 2.20. The van der Waals surface area contributed by atoms with Crippen molar-refractivity contribution in [2.45, 2.75) is 34.1 Å². The van der Waals surface area contributed by atoms with Crippen LogP contribution in [0, 0.1) is 11.3 Å². The highest BCUT2D eigenvalue weighted by Crippen LogP contribution is 2.35. The van der Waals surface area contributed by atoms with Crippen LogP contribution in [0.1, 0.15) is 39.7 Å². The first kappa shape index (κ1) is 14.6. The first-order chi connectivity index (χ1) is 9.41. The lowest BCUT2D eigenvalue weighted by atomic mass is 9.79. The Morgan fingerprint density at radius 2 is 1.90 bits per heavy atom. The molecule has 0 heterocycles. The zero-order valence-electron chi connectivity index (χ0n) is 12.9. The second kappa shape index (κ2) is 5.70. The van der Waals surface area contributed by atoms with Crippen molar-refractivity contribution < 1.29 is 5.11 Å². The maximum atomic E-state index is 9.94. The average Bonchev–Trinajstić information content (AvgIpc) is 2.40. The second-order valence-electron chi connectivity index (χ2n) is 6.43. The molecule has 106 valence electrons. The van der Waals surface area contributed by atoms with E-state index >= 15 is 0 Å². The summed E-state index contributed by atoms with van der Waals surface area (Å²) in [7, 11) is 0. The molecule has 0 amide bonds. The number of aromatic hydroxyl groups is 1. The van der Waals surface area contributed by atoms with E-state index < -0.39 is 0 Å². The molecule has 0 fully saturated rings. The van der Waals surface area contributed by atoms with Gasteiger partial charge in [-0.1, -0.05) is 64.1 Å². The molecular weight excluding hydrogens is 244 g/mol. The van der Waals surface area contributed by atoms with Crippen LogP contribution < -0.4 is 0 Å². The smallest absolute Gasteiger partial charge is 0.122 e. The Kier molecular flexibility index (Phi) is 4.17. The van der Waals surface area contributed by atoms with Gasteiger partial charge in [-0.15, -0.1) is 0 Å². The second-order valence-corrected chi connectivity index (χ2v) is 6.43. The van der Waals surface area contributed by atoms with E-state index in [1.54, 1.807) is 6.07 Å². The summed E-state index contributed by atoms with van der Waals surface area (Å²) in [5, 5.41) is 9.94. The van der Waals surface area contributed by atoms with E-state index in [-0.39, 0.29) is 5.41 Å². The summed E-state index contributed by atoms with van der Waals surface area (Å²) in [5.41, 5.74) is 3.65. The summed E-state index contributed by atoms with van der Waals surface area (Å²) < 4.78 is 0. The summed E-state index contributed by atoms with van der Waals surface area (Å²) in [6.07, 6.45) is 9.99. The van der Waals surface area contributed by atoms with Crippen molar-refractivity contribution in [2.75, 3.05) is 0 Å². The fraction of sp³-hybridized carbons (Fsp3) is 0.368. The molecule has 1 aromatic rings. The molecule has 2 rings (SSSR count). The Labute approximate surface area is 122 Å². The third kappa shape index (κ3) is 3.22. The van der Waals surface area contributed by atoms with Crippen molar-refractivity contribution in [3.8, 4) is 5.75 Å². The number of rotatable bonds is 2. The number of hydrogen-bond donors (Lipinski definition) is 1. The van der Waals surface area contributed by atoms with Crippen molar-refractivity contribution >= 4 is 6.08 Å². The molecule has 1 N–H and O–H groups in total. The predicted octanol–water partition coefficient (Wildman–Crippen LogP) is 5.34. The fourth-order valence-corrected chi connectivity index (χ4v) is 2.44. The van der Waals surface area contributed by atoms with Crippen LogP contribution in [0.5, 0.6) is 5.75 Å². The summed E-state index contributed by atoms with van der Waals surface area (Å²) in [6.45, 7) is 8.89. The predicted molar refractivity (Wildman–Crippen MR) is 86.5 cm³/mol. The molecule has 0 spiro atoms. The normalized spacial score (nSPS) is 21.1. The van der Waals surface area contributed by atoms with E-state index in [1.165, 1.54) is 11.1 Å².